The predicted molar refractivity (Wildman–Crippen MR) is 295 cm³/mol. The molecule has 4 nitrogen and oxygen atoms in total. The van der Waals surface area contributed by atoms with Gasteiger partial charge in [-0.2, -0.15) is 0 Å². The molecular weight excluding hydrogens is 904 g/mol. The Morgan fingerprint density at radius 2 is 0.809 bits per heavy atom. The van der Waals surface area contributed by atoms with Gasteiger partial charge in [0.15, 0.2) is 0 Å². The first kappa shape index (κ1) is 51.4. The molecule has 0 N–H and O–H groups in total. The second-order valence-electron chi connectivity index (χ2n) is 21.3. The summed E-state index contributed by atoms with van der Waals surface area (Å²) in [5.41, 5.74) is 1.95. The molecule has 0 aliphatic heterocycles. The molecule has 68 heavy (non-hydrogen) atoms. The number of allylic oxidation sites excluding steroid dienone is 1. The van der Waals surface area contributed by atoms with Crippen LogP contribution in [0, 0.1) is 0 Å². The summed E-state index contributed by atoms with van der Waals surface area (Å²) < 4.78 is 31.3. The Kier molecular flexibility index (Phi) is 16.4. The minimum absolute atomic E-state index is 0.147. The van der Waals surface area contributed by atoms with Gasteiger partial charge in [0, 0.05) is 25.5 Å². The minimum atomic E-state index is -3.17. The van der Waals surface area contributed by atoms with E-state index >= 15 is 0 Å². The van der Waals surface area contributed by atoms with Gasteiger partial charge in [-0.3, -0.25) is 0 Å². The van der Waals surface area contributed by atoms with Crippen molar-refractivity contribution < 1.29 is 18.0 Å². The van der Waals surface area contributed by atoms with Crippen LogP contribution in [0.3, 0.4) is 0 Å². The topological polar surface area (TPSA) is 36.9 Å². The second-order valence-corrected chi connectivity index (χ2v) is 34.5. The molecule has 0 bridgehead atoms. The summed E-state index contributed by atoms with van der Waals surface area (Å²) in [7, 11) is -9.06. The second kappa shape index (κ2) is 21.7. The molecule has 7 rings (SSSR count). The molecule has 8 heteroatoms. The molecule has 1 fully saturated rings. The number of halogens is 1. The van der Waals surface area contributed by atoms with Crippen molar-refractivity contribution in [2.75, 3.05) is 19.1 Å². The normalized spacial score (nSPS) is 18.2. The molecule has 356 valence electrons. The van der Waals surface area contributed by atoms with Crippen molar-refractivity contribution >= 4 is 67.7 Å². The van der Waals surface area contributed by atoms with Crippen molar-refractivity contribution in [1.82, 2.24) is 0 Å². The van der Waals surface area contributed by atoms with Crippen LogP contribution in [0.5, 0.6) is 0 Å². The third kappa shape index (κ3) is 10.2. The van der Waals surface area contributed by atoms with Crippen LogP contribution in [-0.2, 0) is 18.0 Å². The van der Waals surface area contributed by atoms with Crippen LogP contribution >= 0.6 is 11.6 Å². The lowest BCUT2D eigenvalue weighted by Crippen LogP contribution is -2.71. The molecule has 6 aromatic rings. The molecule has 0 saturated heterocycles. The Balaban J connectivity index is 1.36. The van der Waals surface area contributed by atoms with Gasteiger partial charge >= 0.3 is 0 Å². The molecule has 1 aliphatic carbocycles. The number of benzene rings is 6. The summed E-state index contributed by atoms with van der Waals surface area (Å²) >= 11 is 6.68. The van der Waals surface area contributed by atoms with Crippen LogP contribution in [0.2, 0.25) is 15.1 Å². The first-order valence-electron chi connectivity index (χ1n) is 24.4. The lowest BCUT2D eigenvalue weighted by Gasteiger charge is -2.52. The Hall–Kier alpha value is -4.42. The Morgan fingerprint density at radius 1 is 0.485 bits per heavy atom. The fraction of sp³-hybridized carbons (Fsp3) is 0.333. The maximum Gasteiger partial charge on any atom is 0.262 e. The molecule has 1 aliphatic rings. The molecule has 0 spiro atoms. The summed E-state index contributed by atoms with van der Waals surface area (Å²) in [5, 5.41) is 6.63. The van der Waals surface area contributed by atoms with Gasteiger partial charge in [0.05, 0.1) is 12.2 Å². The van der Waals surface area contributed by atoms with E-state index < -0.39 is 43.3 Å². The summed E-state index contributed by atoms with van der Waals surface area (Å²) in [6.07, 6.45) is 1.87. The number of hydrogen-bond acceptors (Lipinski definition) is 4. The highest BCUT2D eigenvalue weighted by Gasteiger charge is 2.58. The van der Waals surface area contributed by atoms with E-state index in [0.29, 0.717) is 31.9 Å². The minimum Gasteiger partial charge on any atom is -0.407 e. The van der Waals surface area contributed by atoms with Gasteiger partial charge in [0.1, 0.15) is 6.10 Å². The predicted octanol–water partition coefficient (Wildman–Crippen LogP) is 11.4. The third-order valence-corrected chi connectivity index (χ3v) is 29.2. The van der Waals surface area contributed by atoms with Crippen LogP contribution < -0.4 is 31.1 Å². The van der Waals surface area contributed by atoms with Crippen molar-refractivity contribution in [3.8, 4) is 0 Å². The zero-order valence-corrected chi connectivity index (χ0v) is 45.6. The third-order valence-electron chi connectivity index (χ3n) is 14.0. The van der Waals surface area contributed by atoms with Crippen molar-refractivity contribution in [3.63, 3.8) is 0 Å². The van der Waals surface area contributed by atoms with Crippen LogP contribution in [0.15, 0.2) is 206 Å². The SMILES string of the molecule is C=C1C(=CCCl)CC(O[Si](c2ccccc2)(c2ccccc2)C(C)(C)C)C(OCCCO[Si](c2ccccc2)(c2ccccc2)C(C)(C)C)C1O[Si](c1ccccc1)(c1ccccc1)C(C)(C)C. The Morgan fingerprint density at radius 3 is 1.13 bits per heavy atom. The standard InChI is InChI=1S/C60H73ClO4Si3/c1-47-48(42-43-61)46-55(64-67(59(5,6)7,51-34-21-13-22-35-51)52-36-23-14-24-37-52)57(56(47)65-68(60(8,9)10,53-38-25-15-26-39-53)54-40-27-16-28-41-54)62-44-29-45-63-66(58(2,3)4,49-30-17-11-18-31-49)50-32-19-12-20-33-50/h11-28,30-42,55-57H,1,29,43-46H2,2-10H3. The van der Waals surface area contributed by atoms with Crippen LogP contribution in [0.1, 0.15) is 75.2 Å². The van der Waals surface area contributed by atoms with Crippen molar-refractivity contribution in [2.24, 2.45) is 0 Å². The number of ether oxygens (including phenoxy) is 1. The molecular formula is C60H73ClO4Si3. The van der Waals surface area contributed by atoms with Gasteiger partial charge in [-0.25, -0.2) is 0 Å². The molecule has 1 saturated carbocycles. The highest BCUT2D eigenvalue weighted by Crippen LogP contribution is 2.45. The first-order valence-corrected chi connectivity index (χ1v) is 30.7. The van der Waals surface area contributed by atoms with Crippen molar-refractivity contribution in [3.05, 3.63) is 206 Å². The lowest BCUT2D eigenvalue weighted by molar-refractivity contribution is -0.0861. The molecule has 0 radical (unpaired) electrons. The van der Waals surface area contributed by atoms with Crippen LogP contribution in [0.4, 0.5) is 0 Å². The molecule has 6 aromatic carbocycles. The Labute approximate surface area is 416 Å². The summed E-state index contributed by atoms with van der Waals surface area (Å²) in [6, 6.07) is 65.3. The number of alkyl halides is 1. The summed E-state index contributed by atoms with van der Waals surface area (Å²) in [5.74, 6) is 0.345. The maximum absolute atomic E-state index is 8.17. The monoisotopic (exact) mass is 976 g/mol. The zero-order chi connectivity index (χ0) is 48.6. The first-order chi connectivity index (χ1) is 32.5. The number of rotatable bonds is 17. The molecule has 3 atom stereocenters. The maximum atomic E-state index is 8.17. The fourth-order valence-corrected chi connectivity index (χ4v) is 25.0. The van der Waals surface area contributed by atoms with E-state index in [-0.39, 0.29) is 15.1 Å². The summed E-state index contributed by atoms with van der Waals surface area (Å²) in [4.78, 5) is 0. The molecule has 0 heterocycles. The zero-order valence-electron chi connectivity index (χ0n) is 41.9. The average molecular weight is 978 g/mol. The van der Waals surface area contributed by atoms with Crippen molar-refractivity contribution in [2.45, 2.75) is 109 Å². The number of hydrogen-bond donors (Lipinski definition) is 0. The van der Waals surface area contributed by atoms with E-state index in [1.807, 2.05) is 0 Å². The lowest BCUT2D eigenvalue weighted by atomic mass is 9.84. The molecule has 0 amide bonds. The van der Waals surface area contributed by atoms with Crippen LogP contribution in [0.25, 0.3) is 0 Å². The van der Waals surface area contributed by atoms with E-state index in [9.17, 15) is 0 Å². The largest absolute Gasteiger partial charge is 0.407 e. The fourth-order valence-electron chi connectivity index (χ4n) is 10.9. The quantitative estimate of drug-likeness (QED) is 0.0518. The van der Waals surface area contributed by atoms with E-state index in [1.54, 1.807) is 0 Å². The van der Waals surface area contributed by atoms with Crippen LogP contribution in [-0.4, -0.2) is 62.4 Å². The van der Waals surface area contributed by atoms with Gasteiger partial charge in [-0.1, -0.05) is 257 Å². The Bertz CT molecular complexity index is 2420. The van der Waals surface area contributed by atoms with E-state index in [1.165, 1.54) is 31.1 Å². The van der Waals surface area contributed by atoms with E-state index in [4.69, 9.17) is 36.2 Å². The highest BCUT2D eigenvalue weighted by atomic mass is 35.5. The van der Waals surface area contributed by atoms with Gasteiger partial charge < -0.3 is 18.0 Å². The summed E-state index contributed by atoms with van der Waals surface area (Å²) in [6.45, 7) is 26.8. The van der Waals surface area contributed by atoms with E-state index in [2.05, 4.69) is 250 Å². The van der Waals surface area contributed by atoms with Crippen molar-refractivity contribution in [1.29, 1.82) is 0 Å². The van der Waals surface area contributed by atoms with E-state index in [0.717, 1.165) is 11.1 Å². The van der Waals surface area contributed by atoms with Gasteiger partial charge in [-0.15, -0.1) is 11.6 Å². The smallest absolute Gasteiger partial charge is 0.262 e. The molecule has 3 unspecified atom stereocenters. The van der Waals surface area contributed by atoms with Gasteiger partial charge in [0.25, 0.3) is 25.0 Å². The highest BCUT2D eigenvalue weighted by molar-refractivity contribution is 7.00. The average Bonchev–Trinajstić information content (AvgIpc) is 3.33. The van der Waals surface area contributed by atoms with Gasteiger partial charge in [-0.05, 0) is 63.8 Å². The molecule has 0 aromatic heterocycles. The van der Waals surface area contributed by atoms with Gasteiger partial charge in [0.2, 0.25) is 0 Å².